The first-order chi connectivity index (χ1) is 11.1. The average molecular weight is 329 g/mol. The summed E-state index contributed by atoms with van der Waals surface area (Å²) in [5.41, 5.74) is 1.17. The zero-order valence-electron chi connectivity index (χ0n) is 13.2. The fourth-order valence-corrected chi connectivity index (χ4v) is 4.18. The first-order valence-electron chi connectivity index (χ1n) is 7.93. The molecule has 2 aromatic rings. The maximum Gasteiger partial charge on any atom is 0.279 e. The minimum atomic E-state index is -0.0362. The molecule has 0 aliphatic carbocycles. The van der Waals surface area contributed by atoms with Gasteiger partial charge in [-0.15, -0.1) is 11.3 Å². The van der Waals surface area contributed by atoms with Crippen LogP contribution in [0.2, 0.25) is 0 Å². The van der Waals surface area contributed by atoms with E-state index < -0.39 is 0 Å². The summed E-state index contributed by atoms with van der Waals surface area (Å²) in [6.45, 7) is 2.97. The van der Waals surface area contributed by atoms with Crippen molar-refractivity contribution in [3.8, 4) is 0 Å². The Hall–Kier alpha value is -1.98. The van der Waals surface area contributed by atoms with Gasteiger partial charge >= 0.3 is 0 Å². The lowest BCUT2D eigenvalue weighted by Crippen LogP contribution is -3.11. The Bertz CT molecular complexity index is 697. The Morgan fingerprint density at radius 3 is 2.83 bits per heavy atom. The summed E-state index contributed by atoms with van der Waals surface area (Å²) in [7, 11) is 0. The number of rotatable bonds is 5. The van der Waals surface area contributed by atoms with Crippen LogP contribution in [0.1, 0.15) is 41.0 Å². The van der Waals surface area contributed by atoms with Gasteiger partial charge < -0.3 is 10.2 Å². The topological polar surface area (TPSA) is 50.6 Å². The summed E-state index contributed by atoms with van der Waals surface area (Å²) in [6, 6.07) is 11.8. The largest absolute Gasteiger partial charge is 0.320 e. The Balaban J connectivity index is 1.67. The van der Waals surface area contributed by atoms with Gasteiger partial charge in [0, 0.05) is 18.4 Å². The van der Waals surface area contributed by atoms with Gasteiger partial charge in [0.25, 0.3) is 5.91 Å². The van der Waals surface area contributed by atoms with Gasteiger partial charge in [-0.1, -0.05) is 18.2 Å². The third kappa shape index (κ3) is 3.68. The van der Waals surface area contributed by atoms with Crippen molar-refractivity contribution in [2.24, 2.45) is 0 Å². The number of Topliss-reactive ketones (excluding diaryl/α,β-unsaturated/α-hetero) is 1. The molecule has 1 amide bonds. The van der Waals surface area contributed by atoms with Crippen LogP contribution in [0, 0.1) is 0 Å². The lowest BCUT2D eigenvalue weighted by atomic mass is 10.1. The number of ketones is 1. The van der Waals surface area contributed by atoms with Gasteiger partial charge in [0.05, 0.1) is 17.1 Å². The normalized spacial score (nSPS) is 20.4. The highest BCUT2D eigenvalue weighted by Gasteiger charge is 2.32. The Labute approximate surface area is 140 Å². The molecule has 0 radical (unpaired) electrons. The molecule has 23 heavy (non-hydrogen) atoms. The molecule has 1 aromatic carbocycles. The first kappa shape index (κ1) is 15.9. The second-order valence-electron chi connectivity index (χ2n) is 5.95. The van der Waals surface area contributed by atoms with Crippen molar-refractivity contribution < 1.29 is 14.5 Å². The van der Waals surface area contributed by atoms with E-state index in [1.165, 1.54) is 16.7 Å². The molecule has 2 heterocycles. The van der Waals surface area contributed by atoms with Gasteiger partial charge in [0.2, 0.25) is 0 Å². The smallest absolute Gasteiger partial charge is 0.279 e. The van der Waals surface area contributed by atoms with Gasteiger partial charge in [-0.3, -0.25) is 9.59 Å². The van der Waals surface area contributed by atoms with E-state index in [2.05, 4.69) is 22.8 Å². The fraction of sp³-hybridized carbons (Fsp3) is 0.333. The van der Waals surface area contributed by atoms with E-state index in [-0.39, 0.29) is 11.7 Å². The van der Waals surface area contributed by atoms with Crippen molar-refractivity contribution in [1.82, 2.24) is 0 Å². The highest BCUT2D eigenvalue weighted by Crippen LogP contribution is 2.23. The van der Waals surface area contributed by atoms with Crippen molar-refractivity contribution in [3.63, 3.8) is 0 Å². The Morgan fingerprint density at radius 2 is 2.09 bits per heavy atom. The molecule has 4 nitrogen and oxygen atoms in total. The minimum absolute atomic E-state index is 0.0304. The van der Waals surface area contributed by atoms with E-state index >= 15 is 0 Å². The third-order valence-corrected chi connectivity index (χ3v) is 5.32. The van der Waals surface area contributed by atoms with Gasteiger partial charge in [-0.2, -0.15) is 0 Å². The predicted octanol–water partition coefficient (Wildman–Crippen LogP) is 2.31. The molecule has 3 rings (SSSR count). The number of amides is 1. The van der Waals surface area contributed by atoms with Crippen LogP contribution >= 0.6 is 11.3 Å². The number of likely N-dealkylation sites (tertiary alicyclic amines) is 1. The van der Waals surface area contributed by atoms with Crippen LogP contribution in [0.25, 0.3) is 0 Å². The molecule has 2 N–H and O–H groups in total. The molecule has 1 fully saturated rings. The SMILES string of the molecule is CC(=O)c1ccccc1NC(=O)C[NH+]1CCC[C@H]1c1cccs1. The molecule has 1 aliphatic rings. The number of hydrogen-bond donors (Lipinski definition) is 2. The van der Waals surface area contributed by atoms with Crippen LogP contribution in [-0.4, -0.2) is 24.8 Å². The van der Waals surface area contributed by atoms with Crippen molar-refractivity contribution in [2.75, 3.05) is 18.4 Å². The van der Waals surface area contributed by atoms with Crippen LogP contribution in [0.5, 0.6) is 0 Å². The van der Waals surface area contributed by atoms with Crippen LogP contribution in [0.4, 0.5) is 5.69 Å². The van der Waals surface area contributed by atoms with Crippen molar-refractivity contribution >= 4 is 28.7 Å². The number of anilines is 1. The lowest BCUT2D eigenvalue weighted by Gasteiger charge is -2.20. The summed E-state index contributed by atoms with van der Waals surface area (Å²) in [5.74, 6) is -0.0666. The molecule has 1 aromatic heterocycles. The number of para-hydroxylation sites is 1. The van der Waals surface area contributed by atoms with E-state index in [1.54, 1.807) is 23.5 Å². The monoisotopic (exact) mass is 329 g/mol. The molecular weight excluding hydrogens is 308 g/mol. The first-order valence-corrected chi connectivity index (χ1v) is 8.81. The van der Waals surface area contributed by atoms with E-state index in [0.29, 0.717) is 23.8 Å². The zero-order valence-corrected chi connectivity index (χ0v) is 14.0. The van der Waals surface area contributed by atoms with E-state index in [0.717, 1.165) is 19.4 Å². The second-order valence-corrected chi connectivity index (χ2v) is 6.92. The Kier molecular flexibility index (Phi) is 4.88. The van der Waals surface area contributed by atoms with E-state index in [4.69, 9.17) is 0 Å². The summed E-state index contributed by atoms with van der Waals surface area (Å²) in [4.78, 5) is 26.7. The number of hydrogen-bond acceptors (Lipinski definition) is 3. The lowest BCUT2D eigenvalue weighted by molar-refractivity contribution is -0.910. The molecule has 0 spiro atoms. The maximum absolute atomic E-state index is 12.4. The van der Waals surface area contributed by atoms with Gasteiger partial charge in [-0.05, 0) is 30.5 Å². The average Bonchev–Trinajstić information content (AvgIpc) is 3.18. The molecule has 1 aliphatic heterocycles. The third-order valence-electron chi connectivity index (χ3n) is 4.34. The van der Waals surface area contributed by atoms with Crippen molar-refractivity contribution in [3.05, 3.63) is 52.2 Å². The summed E-state index contributed by atoms with van der Waals surface area (Å²) < 4.78 is 0. The predicted molar refractivity (Wildman–Crippen MR) is 92.1 cm³/mol. The number of thiophene rings is 1. The number of carbonyl (C=O) groups is 2. The fourth-order valence-electron chi connectivity index (χ4n) is 3.26. The quantitative estimate of drug-likeness (QED) is 0.827. The maximum atomic E-state index is 12.4. The number of quaternary nitrogens is 1. The van der Waals surface area contributed by atoms with Gasteiger partial charge in [-0.25, -0.2) is 0 Å². The van der Waals surface area contributed by atoms with E-state index in [1.807, 2.05) is 12.1 Å². The number of benzene rings is 1. The van der Waals surface area contributed by atoms with Crippen LogP contribution < -0.4 is 10.2 Å². The number of carbonyl (C=O) groups excluding carboxylic acids is 2. The summed E-state index contributed by atoms with van der Waals surface area (Å²) >= 11 is 1.76. The van der Waals surface area contributed by atoms with Crippen LogP contribution in [0.3, 0.4) is 0 Å². The molecule has 1 unspecified atom stereocenters. The minimum Gasteiger partial charge on any atom is -0.320 e. The molecule has 1 saturated heterocycles. The zero-order chi connectivity index (χ0) is 16.2. The molecule has 120 valence electrons. The second kappa shape index (κ2) is 7.06. The molecule has 2 atom stereocenters. The van der Waals surface area contributed by atoms with Crippen molar-refractivity contribution in [2.45, 2.75) is 25.8 Å². The highest BCUT2D eigenvalue weighted by molar-refractivity contribution is 7.10. The summed E-state index contributed by atoms with van der Waals surface area (Å²) in [5, 5.41) is 5.00. The van der Waals surface area contributed by atoms with Crippen molar-refractivity contribution in [1.29, 1.82) is 0 Å². The number of nitrogens with one attached hydrogen (secondary N) is 2. The van der Waals surface area contributed by atoms with Crippen LogP contribution in [0.15, 0.2) is 41.8 Å². The molecular formula is C18H21N2O2S+. The van der Waals surface area contributed by atoms with Gasteiger partial charge in [0.1, 0.15) is 6.04 Å². The highest BCUT2D eigenvalue weighted by atomic mass is 32.1. The van der Waals surface area contributed by atoms with Crippen LogP contribution in [-0.2, 0) is 4.79 Å². The molecule has 0 saturated carbocycles. The van der Waals surface area contributed by atoms with Gasteiger partial charge in [0.15, 0.2) is 12.3 Å². The Morgan fingerprint density at radius 1 is 1.26 bits per heavy atom. The molecule has 0 bridgehead atoms. The van der Waals surface area contributed by atoms with E-state index in [9.17, 15) is 9.59 Å². The summed E-state index contributed by atoms with van der Waals surface area (Å²) in [6.07, 6.45) is 2.28. The standard InChI is InChI=1S/C18H20N2O2S/c1-13(21)14-6-2-3-7-15(14)19-18(22)12-20-10-4-8-16(20)17-9-5-11-23-17/h2-3,5-7,9,11,16H,4,8,10,12H2,1H3,(H,19,22)/p+1/t16-/m0/s1. The molecule has 5 heteroatoms.